The first kappa shape index (κ1) is 17.5. The Kier molecular flexibility index (Phi) is 4.79. The number of carbonyl (C=O) groups excluding carboxylic acids is 1. The normalized spacial score (nSPS) is 17.3. The Balaban J connectivity index is 1.64. The Hall–Kier alpha value is -2.89. The van der Waals surface area contributed by atoms with Gasteiger partial charge in [-0.05, 0) is 31.7 Å². The highest BCUT2D eigenvalue weighted by molar-refractivity contribution is 5.79. The van der Waals surface area contributed by atoms with Gasteiger partial charge in [0.2, 0.25) is 5.91 Å². The number of hydrogen-bond acceptors (Lipinski definition) is 4. The van der Waals surface area contributed by atoms with E-state index in [2.05, 4.69) is 5.16 Å². The largest absolute Gasteiger partial charge is 0.356 e. The fourth-order valence-electron chi connectivity index (χ4n) is 3.82. The topological polar surface area (TPSA) is 64.2 Å². The standard InChI is InChI=1S/C21H24N4O2/c1-15-12-19(27-23-15)17-14-24(2)22-21(17)18-10-6-7-11-25(18)20(26)13-16-8-4-3-5-9-16/h3-5,8-9,12,14,18H,6-7,10-11,13H2,1-2H3. The first-order valence-corrected chi connectivity index (χ1v) is 9.42. The van der Waals surface area contributed by atoms with Gasteiger partial charge >= 0.3 is 0 Å². The maximum atomic E-state index is 13.1. The summed E-state index contributed by atoms with van der Waals surface area (Å²) in [5, 5.41) is 8.70. The van der Waals surface area contributed by atoms with Gasteiger partial charge in [0, 0.05) is 25.9 Å². The number of nitrogens with zero attached hydrogens (tertiary/aromatic N) is 4. The lowest BCUT2D eigenvalue weighted by Gasteiger charge is -2.35. The van der Waals surface area contributed by atoms with Crippen LogP contribution in [-0.4, -0.2) is 32.3 Å². The summed E-state index contributed by atoms with van der Waals surface area (Å²) >= 11 is 0. The van der Waals surface area contributed by atoms with Crippen molar-refractivity contribution in [3.63, 3.8) is 0 Å². The van der Waals surface area contributed by atoms with Gasteiger partial charge in [-0.2, -0.15) is 5.10 Å². The number of aryl methyl sites for hydroxylation is 2. The lowest BCUT2D eigenvalue weighted by Crippen LogP contribution is -2.39. The second kappa shape index (κ2) is 7.39. The van der Waals surface area contributed by atoms with Crippen LogP contribution in [-0.2, 0) is 18.3 Å². The predicted molar refractivity (Wildman–Crippen MR) is 102 cm³/mol. The van der Waals surface area contributed by atoms with Crippen LogP contribution in [0.25, 0.3) is 11.3 Å². The molecule has 1 amide bonds. The molecule has 4 rings (SSSR count). The third-order valence-corrected chi connectivity index (χ3v) is 5.09. The number of aromatic nitrogens is 3. The molecule has 1 atom stereocenters. The molecule has 3 aromatic rings. The molecule has 140 valence electrons. The van der Waals surface area contributed by atoms with Crippen LogP contribution in [0.15, 0.2) is 47.1 Å². The molecule has 27 heavy (non-hydrogen) atoms. The van der Waals surface area contributed by atoms with E-state index in [9.17, 15) is 4.79 Å². The van der Waals surface area contributed by atoms with E-state index in [1.807, 2.05) is 61.5 Å². The van der Waals surface area contributed by atoms with Crippen molar-refractivity contribution in [3.8, 4) is 11.3 Å². The molecule has 1 aliphatic heterocycles. The summed E-state index contributed by atoms with van der Waals surface area (Å²) in [6.45, 7) is 2.67. The molecule has 1 aliphatic rings. The van der Waals surface area contributed by atoms with Gasteiger partial charge in [-0.15, -0.1) is 0 Å². The smallest absolute Gasteiger partial charge is 0.227 e. The van der Waals surface area contributed by atoms with Gasteiger partial charge in [0.05, 0.1) is 29.4 Å². The summed E-state index contributed by atoms with van der Waals surface area (Å²) in [5.41, 5.74) is 3.69. The van der Waals surface area contributed by atoms with Crippen LogP contribution in [0.4, 0.5) is 0 Å². The molecule has 1 fully saturated rings. The number of carbonyl (C=O) groups is 1. The molecule has 0 radical (unpaired) electrons. The van der Waals surface area contributed by atoms with Crippen LogP contribution >= 0.6 is 0 Å². The maximum Gasteiger partial charge on any atom is 0.227 e. The van der Waals surface area contributed by atoms with Crippen molar-refractivity contribution >= 4 is 5.91 Å². The summed E-state index contributed by atoms with van der Waals surface area (Å²) in [4.78, 5) is 15.1. The van der Waals surface area contributed by atoms with Crippen molar-refractivity contribution in [2.45, 2.75) is 38.6 Å². The minimum atomic E-state index is -0.0310. The second-order valence-corrected chi connectivity index (χ2v) is 7.20. The van der Waals surface area contributed by atoms with Crippen molar-refractivity contribution in [2.24, 2.45) is 7.05 Å². The predicted octanol–water partition coefficient (Wildman–Crippen LogP) is 3.68. The van der Waals surface area contributed by atoms with E-state index in [0.29, 0.717) is 12.2 Å². The number of hydrogen-bond donors (Lipinski definition) is 0. The molecule has 3 heterocycles. The first-order chi connectivity index (χ1) is 13.1. The number of amides is 1. The highest BCUT2D eigenvalue weighted by atomic mass is 16.5. The van der Waals surface area contributed by atoms with Gasteiger partial charge in [0.15, 0.2) is 5.76 Å². The Bertz CT molecular complexity index is 929. The van der Waals surface area contributed by atoms with Crippen molar-refractivity contribution < 1.29 is 9.32 Å². The van der Waals surface area contributed by atoms with Gasteiger partial charge in [0.1, 0.15) is 0 Å². The van der Waals surface area contributed by atoms with Crippen molar-refractivity contribution in [2.75, 3.05) is 6.54 Å². The van der Waals surface area contributed by atoms with E-state index >= 15 is 0 Å². The molecule has 0 saturated carbocycles. The average molecular weight is 364 g/mol. The Morgan fingerprint density at radius 3 is 2.81 bits per heavy atom. The number of likely N-dealkylation sites (tertiary alicyclic amines) is 1. The molecule has 6 heteroatoms. The summed E-state index contributed by atoms with van der Waals surface area (Å²) < 4.78 is 7.27. The average Bonchev–Trinajstić information content (AvgIpc) is 3.28. The maximum absolute atomic E-state index is 13.1. The van der Waals surface area contributed by atoms with Gasteiger partial charge in [-0.25, -0.2) is 0 Å². The van der Waals surface area contributed by atoms with Crippen LogP contribution in [0.3, 0.4) is 0 Å². The van der Waals surface area contributed by atoms with E-state index in [4.69, 9.17) is 9.62 Å². The lowest BCUT2D eigenvalue weighted by atomic mass is 9.95. The minimum Gasteiger partial charge on any atom is -0.356 e. The molecule has 0 bridgehead atoms. The molecular formula is C21H24N4O2. The molecule has 0 spiro atoms. The van der Waals surface area contributed by atoms with Gasteiger partial charge in [-0.1, -0.05) is 35.5 Å². The van der Waals surface area contributed by atoms with E-state index in [1.54, 1.807) is 4.68 Å². The van der Waals surface area contributed by atoms with Gasteiger partial charge < -0.3 is 9.42 Å². The molecular weight excluding hydrogens is 340 g/mol. The minimum absolute atomic E-state index is 0.0310. The summed E-state index contributed by atoms with van der Waals surface area (Å²) in [7, 11) is 1.90. The highest BCUT2D eigenvalue weighted by Gasteiger charge is 2.32. The summed E-state index contributed by atoms with van der Waals surface area (Å²) in [6, 6.07) is 11.8. The number of piperidine rings is 1. The zero-order valence-electron chi connectivity index (χ0n) is 15.8. The molecule has 1 saturated heterocycles. The lowest BCUT2D eigenvalue weighted by molar-refractivity contribution is -0.134. The molecule has 6 nitrogen and oxygen atoms in total. The van der Waals surface area contributed by atoms with Crippen LogP contribution in [0.5, 0.6) is 0 Å². The molecule has 0 N–H and O–H groups in total. The van der Waals surface area contributed by atoms with Crippen molar-refractivity contribution in [1.29, 1.82) is 0 Å². The fraction of sp³-hybridized carbons (Fsp3) is 0.381. The van der Waals surface area contributed by atoms with E-state index in [1.165, 1.54) is 0 Å². The zero-order chi connectivity index (χ0) is 18.8. The van der Waals surface area contributed by atoms with Crippen LogP contribution in [0.2, 0.25) is 0 Å². The fourth-order valence-corrected chi connectivity index (χ4v) is 3.82. The quantitative estimate of drug-likeness (QED) is 0.708. The second-order valence-electron chi connectivity index (χ2n) is 7.20. The molecule has 1 aromatic carbocycles. The third-order valence-electron chi connectivity index (χ3n) is 5.09. The molecule has 1 unspecified atom stereocenters. The number of benzene rings is 1. The number of rotatable bonds is 4. The van der Waals surface area contributed by atoms with Crippen LogP contribution in [0.1, 0.15) is 42.3 Å². The monoisotopic (exact) mass is 364 g/mol. The Morgan fingerprint density at radius 2 is 2.07 bits per heavy atom. The zero-order valence-corrected chi connectivity index (χ0v) is 15.8. The summed E-state index contributed by atoms with van der Waals surface area (Å²) in [6.07, 6.45) is 5.40. The van der Waals surface area contributed by atoms with E-state index < -0.39 is 0 Å². The van der Waals surface area contributed by atoms with Gasteiger partial charge in [-0.3, -0.25) is 9.48 Å². The Morgan fingerprint density at radius 1 is 1.26 bits per heavy atom. The third kappa shape index (κ3) is 3.65. The Labute approximate surface area is 158 Å². The molecule has 2 aromatic heterocycles. The SMILES string of the molecule is Cc1cc(-c2cn(C)nc2C2CCCCN2C(=O)Cc2ccccc2)on1. The van der Waals surface area contributed by atoms with E-state index in [-0.39, 0.29) is 11.9 Å². The molecule has 0 aliphatic carbocycles. The van der Waals surface area contributed by atoms with E-state index in [0.717, 1.165) is 48.3 Å². The summed E-state index contributed by atoms with van der Waals surface area (Å²) in [5.74, 6) is 0.855. The van der Waals surface area contributed by atoms with Crippen LogP contribution < -0.4 is 0 Å². The highest BCUT2D eigenvalue weighted by Crippen LogP contribution is 2.36. The van der Waals surface area contributed by atoms with Gasteiger partial charge in [0.25, 0.3) is 0 Å². The van der Waals surface area contributed by atoms with Crippen LogP contribution in [0, 0.1) is 6.92 Å². The van der Waals surface area contributed by atoms with Crippen molar-refractivity contribution in [3.05, 3.63) is 59.5 Å². The van der Waals surface area contributed by atoms with Crippen molar-refractivity contribution in [1.82, 2.24) is 19.8 Å². The first-order valence-electron chi connectivity index (χ1n) is 9.42.